The quantitative estimate of drug-likeness (QED) is 0.909. The van der Waals surface area contributed by atoms with Gasteiger partial charge in [-0.1, -0.05) is 12.1 Å². The third-order valence-electron chi connectivity index (χ3n) is 3.49. The van der Waals surface area contributed by atoms with Crippen molar-refractivity contribution in [3.8, 4) is 0 Å². The molecule has 1 atom stereocenters. The first-order valence-electron chi connectivity index (χ1n) is 6.52. The highest BCUT2D eigenvalue weighted by Gasteiger charge is 2.28. The fourth-order valence-corrected chi connectivity index (χ4v) is 2.41. The second-order valence-electron chi connectivity index (χ2n) is 4.75. The van der Waals surface area contributed by atoms with Crippen molar-refractivity contribution in [2.24, 2.45) is 0 Å². The standard InChI is InChI=1S/C14H15N4O2/c1-3-17-8-11(9(2)16-17)13-15-12-7-5-4-6-10(12)14(19)18(13)20/h4-8,13,15H,3H2,1-2H3/q-1. The van der Waals surface area contributed by atoms with E-state index in [2.05, 4.69) is 10.4 Å². The van der Waals surface area contributed by atoms with Gasteiger partial charge in [-0.05, 0) is 26.0 Å². The Morgan fingerprint density at radius 3 is 2.85 bits per heavy atom. The van der Waals surface area contributed by atoms with E-state index in [0.717, 1.165) is 17.8 Å². The molecule has 0 spiro atoms. The lowest BCUT2D eigenvalue weighted by atomic mass is 10.1. The van der Waals surface area contributed by atoms with Crippen LogP contribution < -0.4 is 5.32 Å². The van der Waals surface area contributed by atoms with Gasteiger partial charge in [0.25, 0.3) is 0 Å². The van der Waals surface area contributed by atoms with Crippen LogP contribution in [0.15, 0.2) is 30.5 Å². The van der Waals surface area contributed by atoms with E-state index in [-0.39, 0.29) is 0 Å². The summed E-state index contributed by atoms with van der Waals surface area (Å²) in [7, 11) is 0. The number of rotatable bonds is 2. The summed E-state index contributed by atoms with van der Waals surface area (Å²) in [6.45, 7) is 4.53. The number of hydrogen-bond donors (Lipinski definition) is 1. The third kappa shape index (κ3) is 1.85. The summed E-state index contributed by atoms with van der Waals surface area (Å²) in [4.78, 5) is 12.1. The number of anilines is 1. The fraction of sp³-hybridized carbons (Fsp3) is 0.286. The number of amides is 1. The minimum absolute atomic E-state index is 0.402. The lowest BCUT2D eigenvalue weighted by Gasteiger charge is -2.42. The van der Waals surface area contributed by atoms with Crippen LogP contribution in [0.5, 0.6) is 0 Å². The minimum atomic E-state index is -0.724. The molecule has 1 aromatic carbocycles. The molecule has 1 aliphatic rings. The van der Waals surface area contributed by atoms with Gasteiger partial charge in [0.1, 0.15) is 6.17 Å². The van der Waals surface area contributed by atoms with Crippen molar-refractivity contribution in [3.63, 3.8) is 0 Å². The summed E-state index contributed by atoms with van der Waals surface area (Å²) in [6.07, 6.45) is 1.08. The molecule has 6 nitrogen and oxygen atoms in total. The van der Waals surface area contributed by atoms with E-state index in [4.69, 9.17) is 0 Å². The highest BCUT2D eigenvalue weighted by atomic mass is 16.5. The summed E-state index contributed by atoms with van der Waals surface area (Å²) >= 11 is 0. The van der Waals surface area contributed by atoms with E-state index < -0.39 is 12.1 Å². The summed E-state index contributed by atoms with van der Waals surface area (Å²) in [5.41, 5.74) is 2.56. The van der Waals surface area contributed by atoms with E-state index >= 15 is 0 Å². The Bertz CT molecular complexity index is 665. The lowest BCUT2D eigenvalue weighted by Crippen LogP contribution is -2.39. The predicted octanol–water partition coefficient (Wildman–Crippen LogP) is 2.28. The second kappa shape index (κ2) is 4.64. The average Bonchev–Trinajstić information content (AvgIpc) is 2.84. The Labute approximate surface area is 116 Å². The van der Waals surface area contributed by atoms with Crippen molar-refractivity contribution in [1.29, 1.82) is 0 Å². The first-order valence-corrected chi connectivity index (χ1v) is 6.52. The molecule has 1 unspecified atom stereocenters. The summed E-state index contributed by atoms with van der Waals surface area (Å²) < 4.78 is 1.76. The maximum absolute atomic E-state index is 12.2. The number of nitrogens with one attached hydrogen (secondary N) is 1. The van der Waals surface area contributed by atoms with E-state index in [1.54, 1.807) is 29.1 Å². The van der Waals surface area contributed by atoms with Crippen LogP contribution in [0, 0.1) is 12.1 Å². The van der Waals surface area contributed by atoms with Gasteiger partial charge in [0.2, 0.25) is 5.91 Å². The summed E-state index contributed by atoms with van der Waals surface area (Å²) in [5.74, 6) is -0.520. The van der Waals surface area contributed by atoms with Crippen LogP contribution in [0.2, 0.25) is 0 Å². The Balaban J connectivity index is 2.03. The van der Waals surface area contributed by atoms with Crippen molar-refractivity contribution in [2.45, 2.75) is 26.6 Å². The van der Waals surface area contributed by atoms with Gasteiger partial charge in [0, 0.05) is 24.0 Å². The van der Waals surface area contributed by atoms with Gasteiger partial charge in [-0.15, -0.1) is 0 Å². The zero-order chi connectivity index (χ0) is 14.3. The maximum Gasteiger partial charge on any atom is 0.247 e. The Hall–Kier alpha value is -2.34. The lowest BCUT2D eigenvalue weighted by molar-refractivity contribution is 0.0771. The molecular weight excluding hydrogens is 256 g/mol. The van der Waals surface area contributed by atoms with Crippen LogP contribution in [0.25, 0.3) is 0 Å². The number of benzene rings is 1. The van der Waals surface area contributed by atoms with E-state index in [9.17, 15) is 10.0 Å². The van der Waals surface area contributed by atoms with Crippen LogP contribution in [-0.2, 0) is 6.54 Å². The molecule has 6 heteroatoms. The number of aryl methyl sites for hydroxylation is 2. The molecule has 1 amide bonds. The van der Waals surface area contributed by atoms with E-state index in [1.807, 2.05) is 19.9 Å². The number of fused-ring (bicyclic) bond motifs is 1. The van der Waals surface area contributed by atoms with Crippen LogP contribution in [0.3, 0.4) is 0 Å². The van der Waals surface area contributed by atoms with Gasteiger partial charge in [0.15, 0.2) is 0 Å². The molecule has 104 valence electrons. The maximum atomic E-state index is 12.2. The van der Waals surface area contributed by atoms with Crippen molar-refractivity contribution in [3.05, 3.63) is 52.5 Å². The molecule has 3 rings (SSSR count). The second-order valence-corrected chi connectivity index (χ2v) is 4.75. The van der Waals surface area contributed by atoms with Gasteiger partial charge < -0.3 is 15.6 Å². The van der Waals surface area contributed by atoms with Gasteiger partial charge in [0.05, 0.1) is 11.3 Å². The fourth-order valence-electron chi connectivity index (χ4n) is 2.41. The molecule has 0 aliphatic carbocycles. The van der Waals surface area contributed by atoms with Crippen LogP contribution in [0.1, 0.15) is 34.7 Å². The molecule has 1 aromatic heterocycles. The zero-order valence-corrected chi connectivity index (χ0v) is 11.3. The average molecular weight is 271 g/mol. The monoisotopic (exact) mass is 271 g/mol. The van der Waals surface area contributed by atoms with Gasteiger partial charge in [-0.2, -0.15) is 5.10 Å². The van der Waals surface area contributed by atoms with Crippen LogP contribution >= 0.6 is 0 Å². The molecule has 0 saturated heterocycles. The SMILES string of the molecule is CCn1cc(C2Nc3ccccc3C(=O)N2[O-])c(C)n1. The third-order valence-corrected chi connectivity index (χ3v) is 3.49. The van der Waals surface area contributed by atoms with E-state index in [1.165, 1.54) is 0 Å². The predicted molar refractivity (Wildman–Crippen MR) is 75.0 cm³/mol. The van der Waals surface area contributed by atoms with Crippen molar-refractivity contribution in [1.82, 2.24) is 14.8 Å². The molecule has 0 radical (unpaired) electrons. The number of aromatic nitrogens is 2. The molecule has 0 bridgehead atoms. The van der Waals surface area contributed by atoms with Crippen molar-refractivity contribution >= 4 is 11.6 Å². The van der Waals surface area contributed by atoms with E-state index in [0.29, 0.717) is 16.3 Å². The first-order chi connectivity index (χ1) is 9.61. The Kier molecular flexibility index (Phi) is 2.94. The first kappa shape index (κ1) is 12.7. The number of carbonyl (C=O) groups is 1. The Morgan fingerprint density at radius 2 is 2.15 bits per heavy atom. The number of nitrogens with zero attached hydrogens (tertiary/aromatic N) is 3. The molecule has 0 saturated carbocycles. The topological polar surface area (TPSA) is 73.2 Å². The number of hydrogen-bond acceptors (Lipinski definition) is 4. The molecule has 0 fully saturated rings. The van der Waals surface area contributed by atoms with Crippen molar-refractivity contribution in [2.75, 3.05) is 5.32 Å². The number of para-hydroxylation sites is 1. The molecular formula is C14H15N4O2-. The van der Waals surface area contributed by atoms with Crippen molar-refractivity contribution < 1.29 is 4.79 Å². The molecule has 1 N–H and O–H groups in total. The normalized spacial score (nSPS) is 17.9. The number of hydroxylamine groups is 2. The smallest absolute Gasteiger partial charge is 0.247 e. The molecule has 2 heterocycles. The zero-order valence-electron chi connectivity index (χ0n) is 11.3. The Morgan fingerprint density at radius 1 is 1.40 bits per heavy atom. The molecule has 2 aromatic rings. The van der Waals surface area contributed by atoms with Crippen LogP contribution in [-0.4, -0.2) is 20.8 Å². The number of carbonyl (C=O) groups excluding carboxylic acids is 1. The van der Waals surface area contributed by atoms with Gasteiger partial charge in [-0.25, -0.2) is 0 Å². The van der Waals surface area contributed by atoms with Crippen LogP contribution in [0.4, 0.5) is 5.69 Å². The summed E-state index contributed by atoms with van der Waals surface area (Å²) in [6, 6.07) is 7.02. The highest BCUT2D eigenvalue weighted by Crippen LogP contribution is 2.33. The largest absolute Gasteiger partial charge is 0.754 e. The van der Waals surface area contributed by atoms with Gasteiger partial charge in [-0.3, -0.25) is 9.48 Å². The van der Waals surface area contributed by atoms with Gasteiger partial charge >= 0.3 is 0 Å². The highest BCUT2D eigenvalue weighted by molar-refractivity contribution is 6.01. The minimum Gasteiger partial charge on any atom is -0.754 e. The molecule has 1 aliphatic heterocycles. The molecule has 20 heavy (non-hydrogen) atoms. The summed E-state index contributed by atoms with van der Waals surface area (Å²) in [5, 5.41) is 20.1.